The lowest BCUT2D eigenvalue weighted by molar-refractivity contribution is 0.713. The number of halogens is 12. The lowest BCUT2D eigenvalue weighted by Crippen LogP contribution is -2.02. The average Bonchev–Trinajstić information content (AvgIpc) is 2.97. The molecule has 0 amide bonds. The predicted molar refractivity (Wildman–Crippen MR) is 165 cm³/mol. The highest BCUT2D eigenvalue weighted by atomic mass is 31.3. The van der Waals surface area contributed by atoms with Gasteiger partial charge in [-0.15, -0.1) is 0 Å². The van der Waals surface area contributed by atoms with E-state index in [1.165, 1.54) is 36.4 Å². The molecule has 240 valence electrons. The van der Waals surface area contributed by atoms with Gasteiger partial charge in [0.25, 0.3) is 0 Å². The number of anilines is 3. The van der Waals surface area contributed by atoms with E-state index in [1.54, 1.807) is 18.2 Å². The van der Waals surface area contributed by atoms with E-state index in [1.807, 2.05) is 0 Å². The Balaban J connectivity index is 1.80. The SMILES string of the molecule is FP(F)N(c1ccc(-c2cc(-c3ccc(N(P(F)F)P(F)F)cc3)cc(-c3ccc(N(P(F)F)P(F)F)cc3)c2)cc1)P(F)F. The van der Waals surface area contributed by atoms with Crippen molar-refractivity contribution in [3.8, 4) is 33.4 Å². The monoisotopic (exact) mass is 759 g/mol. The standard InChI is InChI=1S/C24H15F12N3P6/c25-40(26)37(41(27)28)22-7-1-16(2-8-22)19-13-20(17-3-9-23(10-4-17)38(42(29)30)43(31)32)15-21(14-19)18-5-11-24(12-6-18)39(44(33)34)45(35)36/h1-15H. The number of hydrogen-bond acceptors (Lipinski definition) is 3. The largest absolute Gasteiger partial charge is 0.381 e. The van der Waals surface area contributed by atoms with Crippen LogP contribution in [0.1, 0.15) is 0 Å². The van der Waals surface area contributed by atoms with Gasteiger partial charge in [0.2, 0.25) is 0 Å². The minimum Gasteiger partial charge on any atom is -0.224 e. The van der Waals surface area contributed by atoms with Crippen LogP contribution in [-0.2, 0) is 0 Å². The van der Waals surface area contributed by atoms with Crippen molar-refractivity contribution >= 4 is 69.2 Å². The first-order chi connectivity index (χ1) is 21.3. The molecule has 0 aliphatic heterocycles. The molecule has 4 aromatic carbocycles. The maximum Gasteiger partial charge on any atom is 0.381 e. The number of rotatable bonds is 12. The van der Waals surface area contributed by atoms with Gasteiger partial charge in [0.05, 0.1) is 17.1 Å². The van der Waals surface area contributed by atoms with Crippen LogP contribution in [0.5, 0.6) is 0 Å². The van der Waals surface area contributed by atoms with Crippen LogP contribution in [0.3, 0.4) is 0 Å². The van der Waals surface area contributed by atoms with Gasteiger partial charge in [0, 0.05) is 0 Å². The van der Waals surface area contributed by atoms with Gasteiger partial charge >= 0.3 is 52.2 Å². The average molecular weight is 759 g/mol. The molecule has 0 bridgehead atoms. The molecule has 0 N–H and O–H groups in total. The molecule has 4 rings (SSSR count). The molecular weight excluding hydrogens is 744 g/mol. The second kappa shape index (κ2) is 15.7. The molecule has 0 aliphatic rings. The molecule has 0 aromatic heterocycles. The van der Waals surface area contributed by atoms with Crippen molar-refractivity contribution in [1.29, 1.82) is 0 Å². The third-order valence-electron chi connectivity index (χ3n) is 6.09. The normalized spacial score (nSPS) is 11.9. The van der Waals surface area contributed by atoms with Crippen LogP contribution in [0.2, 0.25) is 0 Å². The predicted octanol–water partition coefficient (Wildman–Crippen LogP) is 16.1. The van der Waals surface area contributed by atoms with Gasteiger partial charge in [0.1, 0.15) is 0 Å². The van der Waals surface area contributed by atoms with Crippen molar-refractivity contribution in [1.82, 2.24) is 0 Å². The van der Waals surface area contributed by atoms with Crippen LogP contribution in [0, 0.1) is 0 Å². The van der Waals surface area contributed by atoms with Crippen LogP contribution in [0.15, 0.2) is 91.0 Å². The molecule has 0 unspecified atom stereocenters. The lowest BCUT2D eigenvalue weighted by Gasteiger charge is -2.20. The fraction of sp³-hybridized carbons (Fsp3) is 0. The molecule has 0 saturated carbocycles. The number of hydrogen-bond donors (Lipinski definition) is 0. The van der Waals surface area contributed by atoms with Crippen LogP contribution < -0.4 is 13.3 Å². The van der Waals surface area contributed by atoms with Crippen LogP contribution in [0.25, 0.3) is 33.4 Å². The summed E-state index contributed by atoms with van der Waals surface area (Å²) in [6.07, 6.45) is 0. The minimum atomic E-state index is -4.12. The van der Waals surface area contributed by atoms with Crippen LogP contribution >= 0.6 is 52.2 Å². The molecule has 0 heterocycles. The van der Waals surface area contributed by atoms with E-state index in [9.17, 15) is 50.4 Å². The fourth-order valence-corrected chi connectivity index (χ4v) is 7.24. The van der Waals surface area contributed by atoms with Gasteiger partial charge in [-0.3, -0.25) is 0 Å². The van der Waals surface area contributed by atoms with E-state index in [-0.39, 0.29) is 13.3 Å². The topological polar surface area (TPSA) is 9.72 Å². The van der Waals surface area contributed by atoms with Crippen molar-refractivity contribution in [2.24, 2.45) is 0 Å². The van der Waals surface area contributed by atoms with E-state index in [2.05, 4.69) is 0 Å². The van der Waals surface area contributed by atoms with Gasteiger partial charge in [-0.05, 0) is 88.0 Å². The fourth-order valence-electron chi connectivity index (χ4n) is 4.17. The Labute approximate surface area is 257 Å². The maximum atomic E-state index is 13.2. The summed E-state index contributed by atoms with van der Waals surface area (Å²) in [5.74, 6) is 0. The smallest absolute Gasteiger partial charge is 0.224 e. The molecular formula is C24H15F12N3P6. The van der Waals surface area contributed by atoms with E-state index in [4.69, 9.17) is 0 Å². The molecule has 0 saturated heterocycles. The third-order valence-corrected chi connectivity index (χ3v) is 11.6. The molecule has 45 heavy (non-hydrogen) atoms. The second-order valence-electron chi connectivity index (χ2n) is 8.60. The zero-order valence-electron chi connectivity index (χ0n) is 21.7. The maximum absolute atomic E-state index is 13.2. The summed E-state index contributed by atoms with van der Waals surface area (Å²) in [6, 6.07) is 19.1. The van der Waals surface area contributed by atoms with E-state index < -0.39 is 69.2 Å². The van der Waals surface area contributed by atoms with Crippen molar-refractivity contribution < 1.29 is 50.4 Å². The second-order valence-corrected chi connectivity index (χ2v) is 14.5. The first kappa shape index (κ1) is 35.9. The van der Waals surface area contributed by atoms with E-state index in [0.29, 0.717) is 33.4 Å². The van der Waals surface area contributed by atoms with Crippen LogP contribution in [-0.4, -0.2) is 0 Å². The highest BCUT2D eigenvalue weighted by Gasteiger charge is 2.31. The Hall–Kier alpha value is -1.98. The van der Waals surface area contributed by atoms with Crippen molar-refractivity contribution in [3.63, 3.8) is 0 Å². The Morgan fingerprint density at radius 3 is 0.600 bits per heavy atom. The summed E-state index contributed by atoms with van der Waals surface area (Å²) in [6.45, 7) is 0. The molecule has 4 aromatic rings. The highest BCUT2D eigenvalue weighted by Crippen LogP contribution is 2.64. The zero-order valence-corrected chi connectivity index (χ0v) is 27.1. The molecule has 21 heteroatoms. The molecule has 0 aliphatic carbocycles. The van der Waals surface area contributed by atoms with Gasteiger partial charge in [-0.2, -0.15) is 50.4 Å². The zero-order chi connectivity index (χ0) is 33.0. The molecule has 0 spiro atoms. The lowest BCUT2D eigenvalue weighted by atomic mass is 9.93. The summed E-state index contributed by atoms with van der Waals surface area (Å²) >= 11 is 0. The Bertz CT molecular complexity index is 1330. The van der Waals surface area contributed by atoms with E-state index in [0.717, 1.165) is 36.4 Å². The summed E-state index contributed by atoms with van der Waals surface area (Å²) < 4.78 is 158. The minimum absolute atomic E-state index is 0.269. The highest BCUT2D eigenvalue weighted by molar-refractivity contribution is 7.68. The van der Waals surface area contributed by atoms with Gasteiger partial charge < -0.3 is 0 Å². The molecule has 0 radical (unpaired) electrons. The Kier molecular flexibility index (Phi) is 12.5. The van der Waals surface area contributed by atoms with Gasteiger partial charge in [-0.1, -0.05) is 36.4 Å². The first-order valence-corrected chi connectivity index (χ1v) is 18.3. The molecule has 0 fully saturated rings. The molecule has 3 nitrogen and oxygen atoms in total. The van der Waals surface area contributed by atoms with E-state index >= 15 is 0 Å². The van der Waals surface area contributed by atoms with Crippen molar-refractivity contribution in [2.75, 3.05) is 13.3 Å². The summed E-state index contributed by atoms with van der Waals surface area (Å²) in [7, 11) is -24.7. The third kappa shape index (κ3) is 8.69. The summed E-state index contributed by atoms with van der Waals surface area (Å²) in [4.78, 5) is 0. The van der Waals surface area contributed by atoms with Gasteiger partial charge in [0.15, 0.2) is 0 Å². The first-order valence-electron chi connectivity index (χ1n) is 11.8. The van der Waals surface area contributed by atoms with Gasteiger partial charge in [-0.25, -0.2) is 13.3 Å². The number of nitrogens with zero attached hydrogens (tertiary/aromatic N) is 3. The van der Waals surface area contributed by atoms with Crippen molar-refractivity contribution in [2.45, 2.75) is 0 Å². The molecule has 0 atom stereocenters. The summed E-state index contributed by atoms with van der Waals surface area (Å²) in [5, 5.41) is 0. The van der Waals surface area contributed by atoms with Crippen LogP contribution in [0.4, 0.5) is 67.4 Å². The summed E-state index contributed by atoms with van der Waals surface area (Å²) in [5.41, 5.74) is 1.10. The van der Waals surface area contributed by atoms with Crippen molar-refractivity contribution in [3.05, 3.63) is 91.0 Å². The Morgan fingerprint density at radius 1 is 0.267 bits per heavy atom. The Morgan fingerprint density at radius 2 is 0.444 bits per heavy atom. The quantitative estimate of drug-likeness (QED) is 0.105. The number of benzene rings is 4.